The Bertz CT molecular complexity index is 1200. The van der Waals surface area contributed by atoms with Gasteiger partial charge in [-0.3, -0.25) is 9.78 Å². The normalized spacial score (nSPS) is 19.3. The minimum Gasteiger partial charge on any atom is -0.381 e. The maximum Gasteiger partial charge on any atom is 0.251 e. The summed E-state index contributed by atoms with van der Waals surface area (Å²) in [6.07, 6.45) is 16.3. The van der Waals surface area contributed by atoms with Gasteiger partial charge >= 0.3 is 0 Å². The van der Waals surface area contributed by atoms with Gasteiger partial charge in [0.1, 0.15) is 0 Å². The fraction of sp³-hybridized carbons (Fsp3) is 0.464. The van der Waals surface area contributed by atoms with Crippen molar-refractivity contribution in [3.8, 4) is 16.8 Å². The van der Waals surface area contributed by atoms with Crippen LogP contribution in [0.3, 0.4) is 0 Å². The Kier molecular flexibility index (Phi) is 6.02. The van der Waals surface area contributed by atoms with Gasteiger partial charge in [-0.15, -0.1) is 0 Å². The van der Waals surface area contributed by atoms with Crippen molar-refractivity contribution in [3.63, 3.8) is 0 Å². The molecule has 35 heavy (non-hydrogen) atoms. The number of hydrogen-bond acceptors (Lipinski definition) is 5. The number of pyridine rings is 1. The van der Waals surface area contributed by atoms with Crippen LogP contribution in [0.15, 0.2) is 49.1 Å². The third kappa shape index (κ3) is 4.96. The average molecular weight is 471 g/mol. The van der Waals surface area contributed by atoms with Crippen molar-refractivity contribution in [2.45, 2.75) is 70.0 Å². The van der Waals surface area contributed by atoms with Crippen LogP contribution in [0.1, 0.15) is 60.9 Å². The molecule has 0 atom stereocenters. The van der Waals surface area contributed by atoms with Gasteiger partial charge in [-0.2, -0.15) is 5.10 Å². The van der Waals surface area contributed by atoms with E-state index in [1.165, 1.54) is 45.2 Å². The second-order valence-electron chi connectivity index (χ2n) is 10.4. The Morgan fingerprint density at radius 2 is 1.80 bits per heavy atom. The summed E-state index contributed by atoms with van der Waals surface area (Å²) in [5.41, 5.74) is 5.80. The monoisotopic (exact) mass is 470 g/mol. The van der Waals surface area contributed by atoms with Gasteiger partial charge in [0.2, 0.25) is 0 Å². The number of aryl methyl sites for hydroxylation is 1. The number of anilines is 1. The van der Waals surface area contributed by atoms with Crippen LogP contribution in [0, 0.1) is 6.92 Å². The van der Waals surface area contributed by atoms with Gasteiger partial charge in [0.15, 0.2) is 0 Å². The summed E-state index contributed by atoms with van der Waals surface area (Å²) >= 11 is 0. The number of nitrogens with one attached hydrogen (secondary N) is 2. The van der Waals surface area contributed by atoms with Crippen LogP contribution in [-0.4, -0.2) is 56.8 Å². The van der Waals surface area contributed by atoms with E-state index in [4.69, 9.17) is 0 Å². The lowest BCUT2D eigenvalue weighted by molar-refractivity contribution is 0.0951. The molecule has 0 radical (unpaired) electrons. The van der Waals surface area contributed by atoms with Gasteiger partial charge in [0.05, 0.1) is 30.0 Å². The van der Waals surface area contributed by atoms with Crippen molar-refractivity contribution in [2.24, 2.45) is 0 Å². The highest BCUT2D eigenvalue weighted by Gasteiger charge is 2.28. The predicted molar refractivity (Wildman–Crippen MR) is 138 cm³/mol. The van der Waals surface area contributed by atoms with E-state index in [1.807, 2.05) is 47.7 Å². The van der Waals surface area contributed by atoms with E-state index in [0.717, 1.165) is 46.9 Å². The Labute approximate surface area is 206 Å². The fourth-order valence-electron chi connectivity index (χ4n) is 5.20. The number of carbonyl (C=O) groups is 1. The largest absolute Gasteiger partial charge is 0.381 e. The molecular formula is C28H34N6O. The fourth-order valence-corrected chi connectivity index (χ4v) is 5.20. The molecule has 6 rings (SSSR count). The molecule has 7 nitrogen and oxygen atoms in total. The highest BCUT2D eigenvalue weighted by molar-refractivity contribution is 5.96. The van der Waals surface area contributed by atoms with Crippen LogP contribution in [0.25, 0.3) is 16.8 Å². The predicted octanol–water partition coefficient (Wildman–Crippen LogP) is 4.56. The summed E-state index contributed by atoms with van der Waals surface area (Å²) in [7, 11) is 0. The molecule has 1 saturated heterocycles. The van der Waals surface area contributed by atoms with Crippen molar-refractivity contribution in [1.82, 2.24) is 25.0 Å². The van der Waals surface area contributed by atoms with Crippen molar-refractivity contribution >= 4 is 11.6 Å². The molecule has 3 aromatic rings. The minimum atomic E-state index is 0.00244. The van der Waals surface area contributed by atoms with E-state index in [2.05, 4.69) is 38.6 Å². The van der Waals surface area contributed by atoms with Gasteiger partial charge < -0.3 is 15.5 Å². The number of amides is 1. The van der Waals surface area contributed by atoms with E-state index in [-0.39, 0.29) is 5.91 Å². The van der Waals surface area contributed by atoms with Crippen LogP contribution < -0.4 is 10.6 Å². The van der Waals surface area contributed by atoms with E-state index < -0.39 is 0 Å². The second-order valence-corrected chi connectivity index (χ2v) is 10.4. The summed E-state index contributed by atoms with van der Waals surface area (Å²) in [5.74, 6) is 0.00244. The summed E-state index contributed by atoms with van der Waals surface area (Å²) in [6.45, 7) is 4.45. The van der Waals surface area contributed by atoms with Crippen molar-refractivity contribution in [3.05, 3.63) is 60.2 Å². The maximum atomic E-state index is 12.5. The smallest absolute Gasteiger partial charge is 0.251 e. The summed E-state index contributed by atoms with van der Waals surface area (Å²) < 4.78 is 1.86. The highest BCUT2D eigenvalue weighted by atomic mass is 16.1. The molecule has 0 bridgehead atoms. The number of aromatic nitrogens is 3. The first-order valence-electron chi connectivity index (χ1n) is 13.0. The lowest BCUT2D eigenvalue weighted by Crippen LogP contribution is -2.47. The van der Waals surface area contributed by atoms with E-state index in [1.54, 1.807) is 0 Å². The van der Waals surface area contributed by atoms with E-state index in [9.17, 15) is 4.79 Å². The summed E-state index contributed by atoms with van der Waals surface area (Å²) in [6, 6.07) is 9.68. The van der Waals surface area contributed by atoms with Gasteiger partial charge in [-0.05, 0) is 74.8 Å². The molecule has 3 fully saturated rings. The van der Waals surface area contributed by atoms with Crippen molar-refractivity contribution in [2.75, 3.05) is 18.4 Å². The first-order chi connectivity index (χ1) is 17.1. The molecule has 2 aromatic heterocycles. The van der Waals surface area contributed by atoms with Crippen LogP contribution in [-0.2, 0) is 0 Å². The minimum absolute atomic E-state index is 0.00244. The third-order valence-electron chi connectivity index (χ3n) is 7.79. The summed E-state index contributed by atoms with van der Waals surface area (Å²) in [5, 5.41) is 11.4. The number of likely N-dealkylation sites (tertiary alicyclic amines) is 1. The first kappa shape index (κ1) is 22.3. The van der Waals surface area contributed by atoms with Gasteiger partial charge in [0, 0.05) is 48.5 Å². The van der Waals surface area contributed by atoms with E-state index in [0.29, 0.717) is 17.6 Å². The maximum absolute atomic E-state index is 12.5. The van der Waals surface area contributed by atoms with Gasteiger partial charge in [-0.1, -0.05) is 12.5 Å². The van der Waals surface area contributed by atoms with Crippen LogP contribution in [0.4, 0.5) is 5.69 Å². The van der Waals surface area contributed by atoms with Crippen LogP contribution >= 0.6 is 0 Å². The number of nitrogens with zero attached hydrogens (tertiary/aromatic N) is 4. The molecule has 1 aliphatic heterocycles. The lowest BCUT2D eigenvalue weighted by atomic mass is 9.89. The molecule has 1 aromatic carbocycles. The molecule has 2 saturated carbocycles. The molecule has 0 spiro atoms. The number of hydrogen-bond donors (Lipinski definition) is 2. The molecular weight excluding hydrogens is 436 g/mol. The Hall–Kier alpha value is -3.19. The Morgan fingerprint density at radius 3 is 2.54 bits per heavy atom. The Morgan fingerprint density at radius 1 is 0.971 bits per heavy atom. The first-order valence-corrected chi connectivity index (χ1v) is 13.0. The topological polar surface area (TPSA) is 75.1 Å². The highest BCUT2D eigenvalue weighted by Crippen LogP contribution is 2.29. The van der Waals surface area contributed by atoms with Crippen LogP contribution in [0.5, 0.6) is 0 Å². The molecule has 3 aliphatic rings. The zero-order valence-corrected chi connectivity index (χ0v) is 20.4. The summed E-state index contributed by atoms with van der Waals surface area (Å²) in [4.78, 5) is 19.7. The second kappa shape index (κ2) is 9.46. The lowest BCUT2D eigenvalue weighted by Gasteiger charge is -2.42. The average Bonchev–Trinajstić information content (AvgIpc) is 3.51. The van der Waals surface area contributed by atoms with Crippen molar-refractivity contribution in [1.29, 1.82) is 0 Å². The third-order valence-corrected chi connectivity index (χ3v) is 7.79. The molecule has 0 unspecified atom stereocenters. The number of benzene rings is 1. The number of carbonyl (C=O) groups excluding carboxylic acids is 1. The zero-order valence-electron chi connectivity index (χ0n) is 20.4. The van der Waals surface area contributed by atoms with Gasteiger partial charge in [-0.25, -0.2) is 4.68 Å². The molecule has 2 aliphatic carbocycles. The standard InChI is InChI=1S/C28H34N6O/c1-19-5-6-20(28(35)32-22-7-8-22)13-27(19)21-15-30-34(18-21)26-14-24(16-29-17-26)31-23-9-11-33(12-10-23)25-3-2-4-25/h5-6,13-18,22-23,25,31H,2-4,7-12H2,1H3,(H,32,35). The van der Waals surface area contributed by atoms with E-state index >= 15 is 0 Å². The SMILES string of the molecule is Cc1ccc(C(=O)NC2CC2)cc1-c1cnn(-c2cncc(NC3CCN(C4CCC4)CC3)c2)c1. The quantitative estimate of drug-likeness (QED) is 0.529. The number of piperidine rings is 1. The number of rotatable bonds is 7. The van der Waals surface area contributed by atoms with Gasteiger partial charge in [0.25, 0.3) is 5.91 Å². The Balaban J connectivity index is 1.14. The molecule has 7 heteroatoms. The van der Waals surface area contributed by atoms with Crippen molar-refractivity contribution < 1.29 is 4.79 Å². The molecule has 1 amide bonds. The molecule has 182 valence electrons. The zero-order chi connectivity index (χ0) is 23.8. The van der Waals surface area contributed by atoms with Crippen LogP contribution in [0.2, 0.25) is 0 Å². The molecule has 2 N–H and O–H groups in total. The molecule has 3 heterocycles.